The second-order valence-corrected chi connectivity index (χ2v) is 6.33. The van der Waals surface area contributed by atoms with Crippen molar-refractivity contribution in [1.82, 2.24) is 14.8 Å². The highest BCUT2D eigenvalue weighted by molar-refractivity contribution is 5.84. The number of aromatic amines is 1. The predicted molar refractivity (Wildman–Crippen MR) is 89.8 cm³/mol. The van der Waals surface area contributed by atoms with Crippen molar-refractivity contribution in [3.63, 3.8) is 0 Å². The number of carbonyl (C=O) groups is 2. The molecule has 0 saturated carbocycles. The van der Waals surface area contributed by atoms with Crippen LogP contribution in [-0.4, -0.2) is 46.7 Å². The maximum atomic E-state index is 12.6. The number of nitrogens with zero attached hydrogens (tertiary/aromatic N) is 2. The molecule has 0 spiro atoms. The summed E-state index contributed by atoms with van der Waals surface area (Å²) in [6.07, 6.45) is 3.50. The molecule has 1 aliphatic rings. The number of fused-ring (bicyclic) bond motifs is 1. The third kappa shape index (κ3) is 3.23. The van der Waals surface area contributed by atoms with Gasteiger partial charge >= 0.3 is 0 Å². The zero-order valence-corrected chi connectivity index (χ0v) is 13.7. The molecule has 122 valence electrons. The molecular formula is C18H23N3O2. The molecular weight excluding hydrogens is 290 g/mol. The molecule has 1 N–H and O–H groups in total. The predicted octanol–water partition coefficient (Wildman–Crippen LogP) is 2.38. The summed E-state index contributed by atoms with van der Waals surface area (Å²) in [5.41, 5.74) is 2.23. The molecule has 0 atom stereocenters. The molecule has 2 heterocycles. The number of hydrogen-bond donors (Lipinski definition) is 1. The number of H-pyrrole nitrogens is 1. The van der Waals surface area contributed by atoms with Crippen molar-refractivity contribution in [3.8, 4) is 0 Å². The van der Waals surface area contributed by atoms with Gasteiger partial charge in [0.15, 0.2) is 0 Å². The Kier molecular flexibility index (Phi) is 4.37. The highest BCUT2D eigenvalue weighted by Gasteiger charge is 2.28. The number of carbonyl (C=O) groups excluding carboxylic acids is 2. The lowest BCUT2D eigenvalue weighted by atomic mass is 9.95. The number of para-hydroxylation sites is 1. The van der Waals surface area contributed by atoms with Gasteiger partial charge in [-0.05, 0) is 24.5 Å². The van der Waals surface area contributed by atoms with Gasteiger partial charge in [-0.2, -0.15) is 0 Å². The molecule has 1 aliphatic heterocycles. The highest BCUT2D eigenvalue weighted by Crippen LogP contribution is 2.22. The molecule has 1 aromatic carbocycles. The fourth-order valence-electron chi connectivity index (χ4n) is 3.35. The maximum Gasteiger partial charge on any atom is 0.225 e. The number of amides is 2. The highest BCUT2D eigenvalue weighted by atomic mass is 16.2. The monoisotopic (exact) mass is 313 g/mol. The van der Waals surface area contributed by atoms with Gasteiger partial charge in [-0.3, -0.25) is 9.59 Å². The third-order valence-electron chi connectivity index (χ3n) is 4.75. The van der Waals surface area contributed by atoms with Crippen LogP contribution in [0.5, 0.6) is 0 Å². The van der Waals surface area contributed by atoms with E-state index in [0.29, 0.717) is 19.6 Å². The molecule has 1 fully saturated rings. The van der Waals surface area contributed by atoms with Crippen molar-refractivity contribution < 1.29 is 9.59 Å². The van der Waals surface area contributed by atoms with Gasteiger partial charge in [-0.15, -0.1) is 0 Å². The average Bonchev–Trinajstić information content (AvgIpc) is 2.97. The van der Waals surface area contributed by atoms with E-state index in [0.717, 1.165) is 23.9 Å². The molecule has 0 radical (unpaired) electrons. The van der Waals surface area contributed by atoms with Crippen molar-refractivity contribution in [2.45, 2.75) is 26.3 Å². The smallest absolute Gasteiger partial charge is 0.225 e. The topological polar surface area (TPSA) is 56.4 Å². The van der Waals surface area contributed by atoms with E-state index in [1.54, 1.807) is 6.92 Å². The van der Waals surface area contributed by atoms with Crippen LogP contribution in [0.2, 0.25) is 0 Å². The molecule has 0 unspecified atom stereocenters. The summed E-state index contributed by atoms with van der Waals surface area (Å²) in [6, 6.07) is 8.13. The Hall–Kier alpha value is -2.30. The van der Waals surface area contributed by atoms with Crippen LogP contribution in [0.3, 0.4) is 0 Å². The van der Waals surface area contributed by atoms with Crippen molar-refractivity contribution in [2.75, 3.05) is 20.1 Å². The van der Waals surface area contributed by atoms with E-state index in [1.807, 2.05) is 41.2 Å². The normalized spacial score (nSPS) is 15.8. The van der Waals surface area contributed by atoms with Crippen LogP contribution in [0.4, 0.5) is 0 Å². The number of benzene rings is 1. The SMILES string of the molecule is CC(=O)N1CCC(C(=O)N(C)Cc2c[nH]c3ccccc23)CC1. The zero-order valence-electron chi connectivity index (χ0n) is 13.7. The standard InChI is InChI=1S/C18H23N3O2/c1-13(22)21-9-7-14(8-10-21)18(23)20(2)12-15-11-19-17-6-4-3-5-16(15)17/h3-6,11,14,19H,7-10,12H2,1-2H3. The van der Waals surface area contributed by atoms with E-state index in [4.69, 9.17) is 0 Å². The first-order valence-electron chi connectivity index (χ1n) is 8.11. The molecule has 5 nitrogen and oxygen atoms in total. The Morgan fingerprint density at radius 3 is 2.65 bits per heavy atom. The van der Waals surface area contributed by atoms with Crippen LogP contribution in [0, 0.1) is 5.92 Å². The summed E-state index contributed by atoms with van der Waals surface area (Å²) < 4.78 is 0. The lowest BCUT2D eigenvalue weighted by Crippen LogP contribution is -2.42. The van der Waals surface area contributed by atoms with E-state index in [1.165, 1.54) is 5.39 Å². The van der Waals surface area contributed by atoms with Gasteiger partial charge in [-0.1, -0.05) is 18.2 Å². The molecule has 23 heavy (non-hydrogen) atoms. The lowest BCUT2D eigenvalue weighted by molar-refractivity contribution is -0.139. The summed E-state index contributed by atoms with van der Waals surface area (Å²) in [5.74, 6) is 0.308. The number of aromatic nitrogens is 1. The molecule has 0 bridgehead atoms. The van der Waals surface area contributed by atoms with Crippen molar-refractivity contribution in [3.05, 3.63) is 36.0 Å². The van der Waals surface area contributed by atoms with Crippen molar-refractivity contribution >= 4 is 22.7 Å². The minimum Gasteiger partial charge on any atom is -0.361 e. The number of nitrogens with one attached hydrogen (secondary N) is 1. The fourth-order valence-corrected chi connectivity index (χ4v) is 3.35. The largest absolute Gasteiger partial charge is 0.361 e. The second-order valence-electron chi connectivity index (χ2n) is 6.33. The second kappa shape index (κ2) is 6.44. The summed E-state index contributed by atoms with van der Waals surface area (Å²) in [7, 11) is 1.86. The summed E-state index contributed by atoms with van der Waals surface area (Å²) in [5, 5.41) is 1.17. The zero-order chi connectivity index (χ0) is 16.4. The molecule has 2 amide bonds. The molecule has 1 saturated heterocycles. The first-order chi connectivity index (χ1) is 11.1. The maximum absolute atomic E-state index is 12.6. The van der Waals surface area contributed by atoms with E-state index in [9.17, 15) is 9.59 Å². The fraction of sp³-hybridized carbons (Fsp3) is 0.444. The van der Waals surface area contributed by atoms with E-state index < -0.39 is 0 Å². The Balaban J connectivity index is 1.63. The van der Waals surface area contributed by atoms with E-state index in [-0.39, 0.29) is 17.7 Å². The van der Waals surface area contributed by atoms with Gasteiger partial charge < -0.3 is 14.8 Å². The van der Waals surface area contributed by atoms with Gasteiger partial charge in [0.25, 0.3) is 0 Å². The van der Waals surface area contributed by atoms with Gasteiger partial charge in [0.1, 0.15) is 0 Å². The Labute approximate surface area is 136 Å². The van der Waals surface area contributed by atoms with Crippen molar-refractivity contribution in [2.24, 2.45) is 5.92 Å². The molecule has 5 heteroatoms. The van der Waals surface area contributed by atoms with Gasteiger partial charge in [-0.25, -0.2) is 0 Å². The minimum absolute atomic E-state index is 0.0285. The van der Waals surface area contributed by atoms with Crippen LogP contribution < -0.4 is 0 Å². The quantitative estimate of drug-likeness (QED) is 0.946. The molecule has 0 aliphatic carbocycles. The number of piperidine rings is 1. The van der Waals surface area contributed by atoms with Gasteiger partial charge in [0.05, 0.1) is 0 Å². The average molecular weight is 313 g/mol. The van der Waals surface area contributed by atoms with Crippen LogP contribution in [0.15, 0.2) is 30.5 Å². The van der Waals surface area contributed by atoms with Crippen molar-refractivity contribution in [1.29, 1.82) is 0 Å². The van der Waals surface area contributed by atoms with E-state index in [2.05, 4.69) is 11.1 Å². The van der Waals surface area contributed by atoms with Crippen LogP contribution >= 0.6 is 0 Å². The summed E-state index contributed by atoms with van der Waals surface area (Å²) in [6.45, 7) is 3.57. The van der Waals surface area contributed by atoms with Crippen LogP contribution in [0.1, 0.15) is 25.3 Å². The van der Waals surface area contributed by atoms with Gasteiger partial charge in [0.2, 0.25) is 11.8 Å². The summed E-state index contributed by atoms with van der Waals surface area (Å²) >= 11 is 0. The van der Waals surface area contributed by atoms with Gasteiger partial charge in [0, 0.05) is 56.6 Å². The minimum atomic E-state index is 0.0285. The number of likely N-dealkylation sites (tertiary alicyclic amines) is 1. The van der Waals surface area contributed by atoms with Crippen LogP contribution in [-0.2, 0) is 16.1 Å². The molecule has 3 rings (SSSR count). The number of rotatable bonds is 3. The van der Waals surface area contributed by atoms with Crippen LogP contribution in [0.25, 0.3) is 10.9 Å². The van der Waals surface area contributed by atoms with E-state index >= 15 is 0 Å². The summed E-state index contributed by atoms with van der Waals surface area (Å²) in [4.78, 5) is 30.9. The Bertz CT molecular complexity index is 714. The number of hydrogen-bond acceptors (Lipinski definition) is 2. The third-order valence-corrected chi connectivity index (χ3v) is 4.75. The Morgan fingerprint density at radius 1 is 1.26 bits per heavy atom. The first-order valence-corrected chi connectivity index (χ1v) is 8.11. The Morgan fingerprint density at radius 2 is 1.96 bits per heavy atom. The molecule has 1 aromatic heterocycles. The lowest BCUT2D eigenvalue weighted by Gasteiger charge is -2.32. The molecule has 2 aromatic rings. The first kappa shape index (κ1) is 15.6.